The number of nitrogens with zero attached hydrogens (tertiary/aromatic N) is 2. The molecule has 0 fully saturated rings. The van der Waals surface area contributed by atoms with Crippen LogP contribution in [0.25, 0.3) is 10.2 Å². The molecule has 0 aliphatic rings. The van der Waals surface area contributed by atoms with Crippen LogP contribution in [0.1, 0.15) is 29.9 Å². The van der Waals surface area contributed by atoms with Crippen molar-refractivity contribution >= 4 is 33.3 Å². The van der Waals surface area contributed by atoms with Crippen LogP contribution in [0.4, 0.5) is 0 Å². The zero-order chi connectivity index (χ0) is 19.2. The van der Waals surface area contributed by atoms with Crippen LogP contribution in [0.5, 0.6) is 0 Å². The van der Waals surface area contributed by atoms with E-state index in [0.29, 0.717) is 29.4 Å². The minimum Gasteiger partial charge on any atom is -0.388 e. The molecule has 3 rings (SSSR count). The third-order valence-electron chi connectivity index (χ3n) is 4.30. The first-order valence-corrected chi connectivity index (χ1v) is 10.8. The number of hydrogen-bond acceptors (Lipinski definition) is 6. The molecule has 1 N–H and O–H groups in total. The van der Waals surface area contributed by atoms with E-state index in [0.717, 1.165) is 28.1 Å². The molecule has 144 valence electrons. The maximum Gasteiger partial charge on any atom is 0.262 e. The summed E-state index contributed by atoms with van der Waals surface area (Å²) in [5, 5.41) is 11.8. The van der Waals surface area contributed by atoms with Crippen LogP contribution in [0.15, 0.2) is 46.3 Å². The van der Waals surface area contributed by atoms with Crippen molar-refractivity contribution in [3.63, 3.8) is 0 Å². The summed E-state index contributed by atoms with van der Waals surface area (Å²) in [7, 11) is 1.66. The number of aryl methyl sites for hydroxylation is 1. The Morgan fingerprint density at radius 3 is 2.81 bits per heavy atom. The number of benzene rings is 1. The lowest BCUT2D eigenvalue weighted by atomic mass is 10.1. The molecule has 2 heterocycles. The Balaban J connectivity index is 1.89. The van der Waals surface area contributed by atoms with Gasteiger partial charge in [-0.05, 0) is 24.5 Å². The second-order valence-corrected chi connectivity index (χ2v) is 8.32. The van der Waals surface area contributed by atoms with Gasteiger partial charge >= 0.3 is 0 Å². The van der Waals surface area contributed by atoms with Gasteiger partial charge in [0.15, 0.2) is 5.16 Å². The Labute approximate surface area is 167 Å². The minimum absolute atomic E-state index is 0.0104. The molecule has 0 saturated heterocycles. The number of thioether (sulfide) groups is 1. The van der Waals surface area contributed by atoms with E-state index in [4.69, 9.17) is 9.72 Å². The summed E-state index contributed by atoms with van der Waals surface area (Å²) < 4.78 is 6.85. The fraction of sp³-hybridized carbons (Fsp3) is 0.400. The number of hydrogen-bond donors (Lipinski definition) is 1. The highest BCUT2D eigenvalue weighted by molar-refractivity contribution is 7.99. The highest BCUT2D eigenvalue weighted by atomic mass is 32.2. The normalized spacial score (nSPS) is 12.6. The molecule has 0 aliphatic carbocycles. The van der Waals surface area contributed by atoms with Crippen molar-refractivity contribution in [1.82, 2.24) is 9.55 Å². The molecule has 7 heteroatoms. The SMILES string of the molecule is CCc1cc2c(=O)n(CCCOC)c(SCC(O)c3ccccc3)nc2s1. The second kappa shape index (κ2) is 9.50. The van der Waals surface area contributed by atoms with Gasteiger partial charge in [0, 0.05) is 30.9 Å². The highest BCUT2D eigenvalue weighted by Crippen LogP contribution is 2.27. The van der Waals surface area contributed by atoms with Gasteiger partial charge in [0.1, 0.15) is 4.83 Å². The van der Waals surface area contributed by atoms with Gasteiger partial charge in [0.2, 0.25) is 0 Å². The first kappa shape index (κ1) is 20.1. The quantitative estimate of drug-likeness (QED) is 0.333. The van der Waals surface area contributed by atoms with Gasteiger partial charge in [-0.25, -0.2) is 4.98 Å². The van der Waals surface area contributed by atoms with Crippen LogP contribution in [0.2, 0.25) is 0 Å². The summed E-state index contributed by atoms with van der Waals surface area (Å²) in [5.74, 6) is 0.443. The average Bonchev–Trinajstić information content (AvgIpc) is 3.12. The topological polar surface area (TPSA) is 64.3 Å². The van der Waals surface area contributed by atoms with E-state index >= 15 is 0 Å². The van der Waals surface area contributed by atoms with Crippen LogP contribution in [0.3, 0.4) is 0 Å². The lowest BCUT2D eigenvalue weighted by molar-refractivity contribution is 0.189. The summed E-state index contributed by atoms with van der Waals surface area (Å²) in [6, 6.07) is 11.5. The van der Waals surface area contributed by atoms with Gasteiger partial charge in [-0.15, -0.1) is 11.3 Å². The van der Waals surface area contributed by atoms with E-state index in [-0.39, 0.29) is 5.56 Å². The zero-order valence-corrected chi connectivity index (χ0v) is 17.2. The predicted octanol–water partition coefficient (Wildman–Crippen LogP) is 3.88. The van der Waals surface area contributed by atoms with E-state index in [1.807, 2.05) is 36.4 Å². The Morgan fingerprint density at radius 1 is 1.33 bits per heavy atom. The minimum atomic E-state index is -0.606. The molecule has 1 aromatic carbocycles. The van der Waals surface area contributed by atoms with Crippen LogP contribution in [-0.4, -0.2) is 34.1 Å². The smallest absolute Gasteiger partial charge is 0.262 e. The Kier molecular flexibility index (Phi) is 7.07. The molecule has 0 amide bonds. The second-order valence-electron chi connectivity index (χ2n) is 6.22. The standard InChI is InChI=1S/C20H24N2O3S2/c1-3-15-12-16-18(27-15)21-20(22(19(16)24)10-7-11-25-2)26-13-17(23)14-8-5-4-6-9-14/h4-6,8-9,12,17,23H,3,7,10-11,13H2,1-2H3. The van der Waals surface area contributed by atoms with Gasteiger partial charge < -0.3 is 9.84 Å². The number of rotatable bonds is 9. The summed E-state index contributed by atoms with van der Waals surface area (Å²) in [4.78, 5) is 19.7. The van der Waals surface area contributed by atoms with E-state index in [1.165, 1.54) is 11.8 Å². The average molecular weight is 405 g/mol. The molecule has 0 bridgehead atoms. The number of methoxy groups -OCH3 is 1. The predicted molar refractivity (Wildman–Crippen MR) is 112 cm³/mol. The Bertz CT molecular complexity index is 938. The molecule has 3 aromatic rings. The van der Waals surface area contributed by atoms with Crippen LogP contribution in [-0.2, 0) is 17.7 Å². The fourth-order valence-electron chi connectivity index (χ4n) is 2.82. The van der Waals surface area contributed by atoms with E-state index in [1.54, 1.807) is 23.0 Å². The van der Waals surface area contributed by atoms with E-state index in [9.17, 15) is 9.90 Å². The van der Waals surface area contributed by atoms with Gasteiger partial charge in [-0.2, -0.15) is 0 Å². The third kappa shape index (κ3) is 4.79. The number of fused-ring (bicyclic) bond motifs is 1. The van der Waals surface area contributed by atoms with Crippen molar-refractivity contribution in [3.8, 4) is 0 Å². The van der Waals surface area contributed by atoms with Crippen molar-refractivity contribution in [1.29, 1.82) is 0 Å². The van der Waals surface area contributed by atoms with Crippen molar-refractivity contribution in [2.24, 2.45) is 0 Å². The number of ether oxygens (including phenoxy) is 1. The lowest BCUT2D eigenvalue weighted by Gasteiger charge is -2.14. The van der Waals surface area contributed by atoms with E-state index in [2.05, 4.69) is 6.92 Å². The van der Waals surface area contributed by atoms with Crippen molar-refractivity contribution in [3.05, 3.63) is 57.2 Å². The Hall–Kier alpha value is -1.67. The summed E-state index contributed by atoms with van der Waals surface area (Å²) in [6.07, 6.45) is 1.02. The molecular formula is C20H24N2O3S2. The molecule has 2 aromatic heterocycles. The largest absolute Gasteiger partial charge is 0.388 e. The summed E-state index contributed by atoms with van der Waals surface area (Å²) >= 11 is 2.99. The van der Waals surface area contributed by atoms with Crippen molar-refractivity contribution in [2.75, 3.05) is 19.5 Å². The Morgan fingerprint density at radius 2 is 2.11 bits per heavy atom. The highest BCUT2D eigenvalue weighted by Gasteiger charge is 2.16. The molecular weight excluding hydrogens is 380 g/mol. The van der Waals surface area contributed by atoms with Crippen molar-refractivity contribution < 1.29 is 9.84 Å². The maximum absolute atomic E-state index is 13.0. The van der Waals surface area contributed by atoms with Gasteiger partial charge in [-0.1, -0.05) is 49.0 Å². The maximum atomic E-state index is 13.0. The first-order chi connectivity index (χ1) is 13.1. The number of aliphatic hydroxyl groups excluding tert-OH is 1. The fourth-order valence-corrected chi connectivity index (χ4v) is 4.82. The summed E-state index contributed by atoms with van der Waals surface area (Å²) in [6.45, 7) is 3.22. The van der Waals surface area contributed by atoms with Crippen LogP contribution < -0.4 is 5.56 Å². The zero-order valence-electron chi connectivity index (χ0n) is 15.6. The van der Waals surface area contributed by atoms with Gasteiger partial charge in [-0.3, -0.25) is 9.36 Å². The monoisotopic (exact) mass is 404 g/mol. The lowest BCUT2D eigenvalue weighted by Crippen LogP contribution is -2.23. The van der Waals surface area contributed by atoms with Gasteiger partial charge in [0.25, 0.3) is 5.56 Å². The molecule has 27 heavy (non-hydrogen) atoms. The summed E-state index contributed by atoms with van der Waals surface area (Å²) in [5.41, 5.74) is 0.854. The molecule has 5 nitrogen and oxygen atoms in total. The van der Waals surface area contributed by atoms with Crippen LogP contribution in [0, 0.1) is 0 Å². The molecule has 1 unspecified atom stereocenters. The molecule has 0 aliphatic heterocycles. The number of aliphatic hydroxyl groups is 1. The van der Waals surface area contributed by atoms with Crippen molar-refractivity contribution in [2.45, 2.75) is 37.6 Å². The first-order valence-electron chi connectivity index (χ1n) is 9.02. The number of thiophene rings is 1. The molecule has 0 saturated carbocycles. The molecule has 0 spiro atoms. The third-order valence-corrected chi connectivity index (χ3v) is 6.53. The molecule has 0 radical (unpaired) electrons. The number of aromatic nitrogens is 2. The van der Waals surface area contributed by atoms with Gasteiger partial charge in [0.05, 0.1) is 11.5 Å². The van der Waals surface area contributed by atoms with Crippen LogP contribution >= 0.6 is 23.1 Å². The molecule has 1 atom stereocenters. The van der Waals surface area contributed by atoms with E-state index < -0.39 is 6.10 Å².